The van der Waals surface area contributed by atoms with Gasteiger partial charge in [-0.1, -0.05) is 12.1 Å². The van der Waals surface area contributed by atoms with Crippen LogP contribution in [0.3, 0.4) is 0 Å². The maximum atomic E-state index is 13.0. The van der Waals surface area contributed by atoms with Crippen LogP contribution in [0.5, 0.6) is 0 Å². The second-order valence-electron chi connectivity index (χ2n) is 5.58. The highest BCUT2D eigenvalue weighted by Crippen LogP contribution is 2.29. The van der Waals surface area contributed by atoms with Gasteiger partial charge in [-0.3, -0.25) is 4.79 Å². The van der Waals surface area contributed by atoms with Crippen LogP contribution in [-0.2, 0) is 14.3 Å². The van der Waals surface area contributed by atoms with Crippen LogP contribution < -0.4 is 11.1 Å². The summed E-state index contributed by atoms with van der Waals surface area (Å²) in [5, 5.41) is 2.92. The molecule has 1 heterocycles. The number of carbonyl (C=O) groups is 1. The number of halogens is 2. The predicted octanol–water partition coefficient (Wildman–Crippen LogP) is 1.81. The number of carbonyl (C=O) groups excluding carboxylic acids is 1. The summed E-state index contributed by atoms with van der Waals surface area (Å²) in [4.78, 5) is 12.5. The molecule has 5 nitrogen and oxygen atoms in total. The zero-order valence-corrected chi connectivity index (χ0v) is 14.0. The van der Waals surface area contributed by atoms with Gasteiger partial charge in [-0.25, -0.2) is 4.39 Å². The van der Waals surface area contributed by atoms with Gasteiger partial charge in [0.25, 0.3) is 0 Å². The van der Waals surface area contributed by atoms with E-state index in [2.05, 4.69) is 5.32 Å². The first-order valence-electron chi connectivity index (χ1n) is 7.46. The van der Waals surface area contributed by atoms with Gasteiger partial charge in [0.2, 0.25) is 5.91 Å². The van der Waals surface area contributed by atoms with Crippen LogP contribution >= 0.6 is 12.4 Å². The molecule has 1 atom stereocenters. The lowest BCUT2D eigenvalue weighted by atomic mass is 9.79. The molecule has 1 saturated heterocycles. The maximum Gasteiger partial charge on any atom is 0.227 e. The maximum absolute atomic E-state index is 13.0. The first-order valence-corrected chi connectivity index (χ1v) is 7.46. The van der Waals surface area contributed by atoms with Crippen molar-refractivity contribution in [3.8, 4) is 0 Å². The van der Waals surface area contributed by atoms with E-state index < -0.39 is 5.41 Å². The molecule has 1 amide bonds. The Morgan fingerprint density at radius 3 is 2.52 bits per heavy atom. The average Bonchev–Trinajstić information content (AvgIpc) is 2.57. The van der Waals surface area contributed by atoms with Gasteiger partial charge >= 0.3 is 0 Å². The van der Waals surface area contributed by atoms with E-state index in [0.29, 0.717) is 39.1 Å². The van der Waals surface area contributed by atoms with Crippen molar-refractivity contribution >= 4 is 18.3 Å². The number of nitrogens with one attached hydrogen (secondary N) is 1. The van der Waals surface area contributed by atoms with Crippen LogP contribution in [0, 0.1) is 11.2 Å². The first-order chi connectivity index (χ1) is 10.6. The van der Waals surface area contributed by atoms with E-state index in [1.165, 1.54) is 12.1 Å². The fraction of sp³-hybridized carbons (Fsp3) is 0.562. The largest absolute Gasteiger partial charge is 0.381 e. The van der Waals surface area contributed by atoms with Crippen LogP contribution in [0.1, 0.15) is 24.5 Å². The number of rotatable bonds is 6. The van der Waals surface area contributed by atoms with Crippen LogP contribution in [0.25, 0.3) is 0 Å². The predicted molar refractivity (Wildman–Crippen MR) is 87.9 cm³/mol. The Morgan fingerprint density at radius 1 is 1.39 bits per heavy atom. The Labute approximate surface area is 142 Å². The molecule has 1 aromatic rings. The molecule has 23 heavy (non-hydrogen) atoms. The first kappa shape index (κ1) is 19.8. The second kappa shape index (κ2) is 9.17. The van der Waals surface area contributed by atoms with Gasteiger partial charge in [-0.05, 0) is 30.5 Å². The summed E-state index contributed by atoms with van der Waals surface area (Å²) >= 11 is 0. The standard InChI is InChI=1S/C16H23FN2O3.ClH/c1-21-14(12-2-4-13(17)5-3-12)10-19-15(20)16(11-18)6-8-22-9-7-16;/h2-5,14H,6-11,18H2,1H3,(H,19,20);1H. The lowest BCUT2D eigenvalue weighted by molar-refractivity contribution is -0.136. The molecule has 1 aliphatic rings. The molecule has 3 N–H and O–H groups in total. The van der Waals surface area contributed by atoms with E-state index in [0.717, 1.165) is 5.56 Å². The van der Waals surface area contributed by atoms with E-state index in [-0.39, 0.29) is 30.2 Å². The number of amides is 1. The van der Waals surface area contributed by atoms with E-state index >= 15 is 0 Å². The number of benzene rings is 1. The van der Waals surface area contributed by atoms with Gasteiger partial charge in [0.15, 0.2) is 0 Å². The fourth-order valence-corrected chi connectivity index (χ4v) is 2.67. The summed E-state index contributed by atoms with van der Waals surface area (Å²) in [7, 11) is 1.56. The molecule has 130 valence electrons. The van der Waals surface area contributed by atoms with E-state index in [4.69, 9.17) is 15.2 Å². The van der Waals surface area contributed by atoms with Crippen LogP contribution in [-0.4, -0.2) is 39.3 Å². The molecular formula is C16H24ClFN2O3. The Balaban J connectivity index is 0.00000264. The second-order valence-corrected chi connectivity index (χ2v) is 5.58. The summed E-state index contributed by atoms with van der Waals surface area (Å²) in [5.74, 6) is -0.366. The minimum atomic E-state index is -0.556. The van der Waals surface area contributed by atoms with Crippen LogP contribution in [0.4, 0.5) is 4.39 Å². The zero-order valence-electron chi connectivity index (χ0n) is 13.2. The normalized spacial score (nSPS) is 17.9. The van der Waals surface area contributed by atoms with Gasteiger partial charge < -0.3 is 20.5 Å². The highest BCUT2D eigenvalue weighted by atomic mass is 35.5. The SMILES string of the molecule is COC(CNC(=O)C1(CN)CCOCC1)c1ccc(F)cc1.Cl. The molecule has 0 saturated carbocycles. The fourth-order valence-electron chi connectivity index (χ4n) is 2.67. The topological polar surface area (TPSA) is 73.6 Å². The van der Waals surface area contributed by atoms with Crippen molar-refractivity contribution in [2.75, 3.05) is 33.4 Å². The van der Waals surface area contributed by atoms with Crippen molar-refractivity contribution in [1.82, 2.24) is 5.32 Å². The number of ether oxygens (including phenoxy) is 2. The van der Waals surface area contributed by atoms with Crippen molar-refractivity contribution in [3.63, 3.8) is 0 Å². The summed E-state index contributed by atoms with van der Waals surface area (Å²) in [6.07, 6.45) is 0.937. The Kier molecular flexibility index (Phi) is 7.91. The molecule has 0 spiro atoms. The third-order valence-corrected chi connectivity index (χ3v) is 4.30. The molecule has 1 aromatic carbocycles. The Bertz CT molecular complexity index is 493. The molecule has 2 rings (SSSR count). The van der Waals surface area contributed by atoms with Crippen LogP contribution in [0.2, 0.25) is 0 Å². The zero-order chi connectivity index (χ0) is 16.0. The minimum absolute atomic E-state index is 0. The quantitative estimate of drug-likeness (QED) is 0.824. The molecule has 1 fully saturated rings. The summed E-state index contributed by atoms with van der Waals surface area (Å²) < 4.78 is 23.7. The van der Waals surface area contributed by atoms with Crippen molar-refractivity contribution < 1.29 is 18.7 Å². The summed E-state index contributed by atoms with van der Waals surface area (Å²) in [6, 6.07) is 6.07. The lowest BCUT2D eigenvalue weighted by Gasteiger charge is -2.35. The van der Waals surface area contributed by atoms with Crippen LogP contribution in [0.15, 0.2) is 24.3 Å². The van der Waals surface area contributed by atoms with E-state index in [9.17, 15) is 9.18 Å². The molecule has 1 unspecified atom stereocenters. The van der Waals surface area contributed by atoms with Gasteiger partial charge in [-0.2, -0.15) is 0 Å². The molecule has 0 radical (unpaired) electrons. The molecule has 1 aliphatic heterocycles. The van der Waals surface area contributed by atoms with Gasteiger partial charge in [0, 0.05) is 33.4 Å². The molecule has 0 bridgehead atoms. The van der Waals surface area contributed by atoms with Gasteiger partial charge in [0.05, 0.1) is 11.5 Å². The van der Waals surface area contributed by atoms with Gasteiger partial charge in [-0.15, -0.1) is 12.4 Å². The average molecular weight is 347 g/mol. The minimum Gasteiger partial charge on any atom is -0.381 e. The Hall–Kier alpha value is -1.21. The smallest absolute Gasteiger partial charge is 0.227 e. The van der Waals surface area contributed by atoms with Crippen molar-refractivity contribution in [1.29, 1.82) is 0 Å². The highest BCUT2D eigenvalue weighted by molar-refractivity contribution is 5.85. The molecule has 7 heteroatoms. The van der Waals surface area contributed by atoms with Crippen molar-refractivity contribution in [2.45, 2.75) is 18.9 Å². The summed E-state index contributed by atoms with van der Waals surface area (Å²) in [6.45, 7) is 1.73. The lowest BCUT2D eigenvalue weighted by Crippen LogP contribution is -2.50. The molecule has 0 aliphatic carbocycles. The monoisotopic (exact) mass is 346 g/mol. The van der Waals surface area contributed by atoms with Crippen molar-refractivity contribution in [2.24, 2.45) is 11.1 Å². The number of hydrogen-bond donors (Lipinski definition) is 2. The van der Waals surface area contributed by atoms with E-state index in [1.807, 2.05) is 0 Å². The van der Waals surface area contributed by atoms with E-state index in [1.54, 1.807) is 19.2 Å². The number of nitrogens with two attached hydrogens (primary N) is 1. The number of methoxy groups -OCH3 is 1. The number of hydrogen-bond acceptors (Lipinski definition) is 4. The third kappa shape index (κ3) is 4.88. The molecule has 0 aromatic heterocycles. The third-order valence-electron chi connectivity index (χ3n) is 4.30. The molecular weight excluding hydrogens is 323 g/mol. The highest BCUT2D eigenvalue weighted by Gasteiger charge is 2.38. The summed E-state index contributed by atoms with van der Waals surface area (Å²) in [5.41, 5.74) is 6.08. The van der Waals surface area contributed by atoms with Crippen molar-refractivity contribution in [3.05, 3.63) is 35.6 Å². The Morgan fingerprint density at radius 2 is 2.00 bits per heavy atom. The van der Waals surface area contributed by atoms with Gasteiger partial charge in [0.1, 0.15) is 5.82 Å².